The van der Waals surface area contributed by atoms with Crippen molar-refractivity contribution in [3.8, 4) is 11.5 Å². The highest BCUT2D eigenvalue weighted by atomic mass is 16.1. The molecular weight excluding hydrogens is 440 g/mol. The van der Waals surface area contributed by atoms with E-state index >= 15 is 0 Å². The van der Waals surface area contributed by atoms with Crippen LogP contribution in [0, 0.1) is 6.92 Å². The third kappa shape index (κ3) is 4.38. The predicted molar refractivity (Wildman–Crippen MR) is 134 cm³/mol. The molecule has 4 aromatic heterocycles. The van der Waals surface area contributed by atoms with Crippen molar-refractivity contribution in [3.05, 3.63) is 71.5 Å². The molecule has 9 heteroatoms. The second kappa shape index (κ2) is 8.92. The monoisotopic (exact) mass is 466 g/mol. The molecule has 0 saturated carbocycles. The van der Waals surface area contributed by atoms with Crippen molar-refractivity contribution in [2.24, 2.45) is 0 Å². The molecule has 0 spiro atoms. The second-order valence-corrected chi connectivity index (χ2v) is 9.16. The minimum atomic E-state index is -0.116. The van der Waals surface area contributed by atoms with Gasteiger partial charge in [0.2, 0.25) is 0 Å². The molecule has 0 aliphatic carbocycles. The minimum Gasteiger partial charge on any atom is -0.349 e. The quantitative estimate of drug-likeness (QED) is 0.365. The lowest BCUT2D eigenvalue weighted by molar-refractivity contribution is 0.0908. The molecule has 176 valence electrons. The highest BCUT2D eigenvalue weighted by molar-refractivity contribution is 5.99. The zero-order chi connectivity index (χ0) is 23.8. The number of aromatic amines is 2. The Balaban J connectivity index is 1.13. The molecule has 5 heterocycles. The first-order valence-electron chi connectivity index (χ1n) is 11.9. The summed E-state index contributed by atoms with van der Waals surface area (Å²) < 4.78 is 0. The molecular formula is C26H26N8O. The van der Waals surface area contributed by atoms with Gasteiger partial charge in [0.1, 0.15) is 11.2 Å². The summed E-state index contributed by atoms with van der Waals surface area (Å²) >= 11 is 0. The number of aryl methyl sites for hydroxylation is 1. The van der Waals surface area contributed by atoms with Crippen molar-refractivity contribution in [2.75, 3.05) is 13.1 Å². The van der Waals surface area contributed by atoms with E-state index in [-0.39, 0.29) is 11.9 Å². The number of nitrogens with zero attached hydrogens (tertiary/aromatic N) is 5. The second-order valence-electron chi connectivity index (χ2n) is 9.16. The van der Waals surface area contributed by atoms with Crippen molar-refractivity contribution in [2.45, 2.75) is 32.4 Å². The summed E-state index contributed by atoms with van der Waals surface area (Å²) in [6.45, 7) is 4.97. The van der Waals surface area contributed by atoms with Crippen LogP contribution in [0.3, 0.4) is 0 Å². The topological polar surface area (TPSA) is 115 Å². The van der Waals surface area contributed by atoms with Crippen LogP contribution in [0.4, 0.5) is 0 Å². The molecule has 1 amide bonds. The van der Waals surface area contributed by atoms with Crippen molar-refractivity contribution in [3.63, 3.8) is 0 Å². The zero-order valence-corrected chi connectivity index (χ0v) is 19.5. The number of likely N-dealkylation sites (tertiary alicyclic amines) is 1. The molecule has 1 aromatic carbocycles. The van der Waals surface area contributed by atoms with Gasteiger partial charge in [-0.3, -0.25) is 14.8 Å². The summed E-state index contributed by atoms with van der Waals surface area (Å²) in [4.78, 5) is 32.0. The number of hydrogen-bond acceptors (Lipinski definition) is 6. The van der Waals surface area contributed by atoms with Crippen LogP contribution in [-0.2, 0) is 6.54 Å². The lowest BCUT2D eigenvalue weighted by Gasteiger charge is -2.32. The number of H-pyrrole nitrogens is 2. The molecule has 9 nitrogen and oxygen atoms in total. The third-order valence-corrected chi connectivity index (χ3v) is 6.61. The maximum absolute atomic E-state index is 13.0. The van der Waals surface area contributed by atoms with E-state index in [4.69, 9.17) is 0 Å². The maximum Gasteiger partial charge on any atom is 0.253 e. The molecule has 1 fully saturated rings. The number of fused-ring (bicyclic) bond motifs is 2. The summed E-state index contributed by atoms with van der Waals surface area (Å²) in [6.07, 6.45) is 5.16. The van der Waals surface area contributed by atoms with E-state index < -0.39 is 0 Å². The minimum absolute atomic E-state index is 0.116. The van der Waals surface area contributed by atoms with Gasteiger partial charge in [0.25, 0.3) is 5.91 Å². The summed E-state index contributed by atoms with van der Waals surface area (Å²) in [5.41, 5.74) is 5.78. The fraction of sp³-hybridized carbons (Fsp3) is 0.269. The van der Waals surface area contributed by atoms with Gasteiger partial charge < -0.3 is 10.3 Å². The molecule has 3 N–H and O–H groups in total. The Morgan fingerprint density at radius 3 is 2.74 bits per heavy atom. The third-order valence-electron chi connectivity index (χ3n) is 6.61. The number of carbonyl (C=O) groups excluding carboxylic acids is 1. The Kier molecular flexibility index (Phi) is 5.46. The van der Waals surface area contributed by atoms with Gasteiger partial charge in [-0.1, -0.05) is 29.8 Å². The summed E-state index contributed by atoms with van der Waals surface area (Å²) in [5.74, 6) is 0.472. The van der Waals surface area contributed by atoms with Gasteiger partial charge >= 0.3 is 0 Å². The van der Waals surface area contributed by atoms with Crippen LogP contribution in [0.5, 0.6) is 0 Å². The highest BCUT2D eigenvalue weighted by Gasteiger charge is 2.22. The van der Waals surface area contributed by atoms with Crippen molar-refractivity contribution < 1.29 is 4.79 Å². The first-order valence-corrected chi connectivity index (χ1v) is 11.9. The summed E-state index contributed by atoms with van der Waals surface area (Å²) in [6, 6.07) is 14.4. The number of carbonyl (C=O) groups is 1. The average molecular weight is 467 g/mol. The number of nitrogens with one attached hydrogen (secondary N) is 3. The average Bonchev–Trinajstić information content (AvgIpc) is 3.50. The summed E-state index contributed by atoms with van der Waals surface area (Å²) in [7, 11) is 0. The molecule has 0 atom stereocenters. The Bertz CT molecular complexity index is 1460. The van der Waals surface area contributed by atoms with Crippen LogP contribution in [0.15, 0.2) is 54.9 Å². The Hall–Kier alpha value is -4.11. The first-order chi connectivity index (χ1) is 17.1. The van der Waals surface area contributed by atoms with Gasteiger partial charge in [-0.2, -0.15) is 5.10 Å². The van der Waals surface area contributed by atoms with Crippen LogP contribution in [0.2, 0.25) is 0 Å². The number of hydrogen-bond donors (Lipinski definition) is 3. The number of benzene rings is 1. The van der Waals surface area contributed by atoms with Gasteiger partial charge in [-0.05, 0) is 43.5 Å². The predicted octanol–water partition coefficient (Wildman–Crippen LogP) is 3.60. The molecule has 1 saturated heterocycles. The summed E-state index contributed by atoms with van der Waals surface area (Å²) in [5, 5.41) is 11.2. The Morgan fingerprint density at radius 1 is 1.11 bits per heavy atom. The highest BCUT2D eigenvalue weighted by Crippen LogP contribution is 2.25. The van der Waals surface area contributed by atoms with E-state index in [9.17, 15) is 4.79 Å². The van der Waals surface area contributed by atoms with Gasteiger partial charge in [-0.25, -0.2) is 15.0 Å². The van der Waals surface area contributed by atoms with Crippen LogP contribution >= 0.6 is 0 Å². The molecule has 5 aromatic rings. The van der Waals surface area contributed by atoms with Crippen LogP contribution < -0.4 is 5.32 Å². The van der Waals surface area contributed by atoms with Gasteiger partial charge in [0.05, 0.1) is 10.9 Å². The largest absolute Gasteiger partial charge is 0.349 e. The molecule has 35 heavy (non-hydrogen) atoms. The number of pyridine rings is 2. The maximum atomic E-state index is 13.0. The SMILES string of the molecule is Cc1ccc(CN2CCC(NC(=O)c3cnc4[nH]nc(-c5nc6cccnc6[nH]5)c4c3)CC2)cc1. The van der Waals surface area contributed by atoms with Crippen LogP contribution in [0.1, 0.15) is 34.3 Å². The standard InChI is InChI=1S/C26H26N8O/c1-16-4-6-17(7-5-16)15-34-11-8-19(9-12-34)29-26(35)18-13-20-22(32-33-23(20)28-14-18)25-30-21-3-2-10-27-24(21)31-25/h2-7,10,13-14,19H,8-9,11-12,15H2,1H3,(H,29,35)(H,27,30,31)(H,28,32,33). The molecule has 1 aliphatic heterocycles. The zero-order valence-electron chi connectivity index (χ0n) is 19.5. The van der Waals surface area contributed by atoms with Crippen molar-refractivity contribution >= 4 is 28.1 Å². The molecule has 0 unspecified atom stereocenters. The molecule has 6 rings (SSSR count). The lowest BCUT2D eigenvalue weighted by atomic mass is 10.0. The smallest absolute Gasteiger partial charge is 0.253 e. The number of rotatable bonds is 5. The Morgan fingerprint density at radius 2 is 1.94 bits per heavy atom. The van der Waals surface area contributed by atoms with Gasteiger partial charge in [0, 0.05) is 38.1 Å². The number of amides is 1. The molecule has 1 aliphatic rings. The van der Waals surface area contributed by atoms with E-state index in [1.165, 1.54) is 11.1 Å². The van der Waals surface area contributed by atoms with E-state index in [1.54, 1.807) is 12.4 Å². The fourth-order valence-corrected chi connectivity index (χ4v) is 4.62. The van der Waals surface area contributed by atoms with Crippen molar-refractivity contribution in [1.82, 2.24) is 40.3 Å². The van der Waals surface area contributed by atoms with E-state index in [0.717, 1.165) is 43.4 Å². The van der Waals surface area contributed by atoms with Gasteiger partial charge in [-0.15, -0.1) is 0 Å². The van der Waals surface area contributed by atoms with Crippen LogP contribution in [0.25, 0.3) is 33.7 Å². The van der Waals surface area contributed by atoms with E-state index in [1.807, 2.05) is 18.2 Å². The van der Waals surface area contributed by atoms with Gasteiger partial charge in [0.15, 0.2) is 17.1 Å². The molecule has 0 radical (unpaired) electrons. The number of imidazole rings is 1. The van der Waals surface area contributed by atoms with E-state index in [2.05, 4.69) is 71.5 Å². The number of piperidine rings is 1. The number of aromatic nitrogens is 6. The first kappa shape index (κ1) is 21.4. The van der Waals surface area contributed by atoms with E-state index in [0.29, 0.717) is 28.4 Å². The Labute approximate surface area is 202 Å². The normalized spacial score (nSPS) is 15.1. The lowest BCUT2D eigenvalue weighted by Crippen LogP contribution is -2.44. The fourth-order valence-electron chi connectivity index (χ4n) is 4.62. The van der Waals surface area contributed by atoms with Crippen molar-refractivity contribution in [1.29, 1.82) is 0 Å². The molecule has 0 bridgehead atoms. The van der Waals surface area contributed by atoms with Crippen LogP contribution in [-0.4, -0.2) is 60.1 Å².